The third-order valence-electron chi connectivity index (χ3n) is 5.16. The van der Waals surface area contributed by atoms with Gasteiger partial charge in [0.1, 0.15) is 18.5 Å². The molecule has 0 bridgehead atoms. The molecule has 0 saturated carbocycles. The summed E-state index contributed by atoms with van der Waals surface area (Å²) in [6.45, 7) is 8.89. The molecule has 0 atom stereocenters. The van der Waals surface area contributed by atoms with Gasteiger partial charge in [-0.3, -0.25) is 5.01 Å². The predicted octanol–water partition coefficient (Wildman–Crippen LogP) is 4.38. The van der Waals surface area contributed by atoms with E-state index in [2.05, 4.69) is 85.1 Å². The van der Waals surface area contributed by atoms with Crippen LogP contribution >= 0.6 is 0 Å². The van der Waals surface area contributed by atoms with Crippen molar-refractivity contribution in [1.29, 1.82) is 0 Å². The Labute approximate surface area is 173 Å². The summed E-state index contributed by atoms with van der Waals surface area (Å²) < 4.78 is 8.05. The van der Waals surface area contributed by atoms with Crippen LogP contribution in [0.3, 0.4) is 0 Å². The number of hydrazone groups is 1. The molecule has 0 N–H and O–H groups in total. The lowest BCUT2D eigenvalue weighted by Gasteiger charge is -2.24. The summed E-state index contributed by atoms with van der Waals surface area (Å²) in [4.78, 5) is 2.31. The molecule has 5 nitrogen and oxygen atoms in total. The molecule has 0 spiro atoms. The van der Waals surface area contributed by atoms with E-state index in [-0.39, 0.29) is 0 Å². The lowest BCUT2D eigenvalue weighted by atomic mass is 10.1. The van der Waals surface area contributed by atoms with Crippen molar-refractivity contribution in [2.24, 2.45) is 12.1 Å². The van der Waals surface area contributed by atoms with E-state index in [0.717, 1.165) is 30.1 Å². The molecule has 1 heterocycles. The molecule has 0 fully saturated rings. The summed E-state index contributed by atoms with van der Waals surface area (Å²) in [5.74, 6) is 0.848. The van der Waals surface area contributed by atoms with E-state index in [1.807, 2.05) is 25.2 Å². The van der Waals surface area contributed by atoms with Gasteiger partial charge >= 0.3 is 0 Å². The monoisotopic (exact) mass is 391 g/mol. The number of pyridine rings is 1. The number of nitrogens with zero attached hydrogens (tertiary/aromatic N) is 4. The minimum absolute atomic E-state index is 0.617. The van der Waals surface area contributed by atoms with Crippen molar-refractivity contribution in [3.63, 3.8) is 0 Å². The van der Waals surface area contributed by atoms with Crippen LogP contribution < -0.4 is 19.2 Å². The molecular weight excluding hydrogens is 360 g/mol. The van der Waals surface area contributed by atoms with Gasteiger partial charge in [-0.05, 0) is 39.0 Å². The van der Waals surface area contributed by atoms with Gasteiger partial charge in [-0.1, -0.05) is 12.1 Å². The first kappa shape index (κ1) is 20.6. The van der Waals surface area contributed by atoms with Crippen LogP contribution in [0.15, 0.2) is 59.8 Å². The van der Waals surface area contributed by atoms with Crippen LogP contribution in [-0.4, -0.2) is 33.0 Å². The van der Waals surface area contributed by atoms with Gasteiger partial charge in [-0.2, -0.15) is 5.10 Å². The molecule has 0 saturated heterocycles. The summed E-state index contributed by atoms with van der Waals surface area (Å²) in [5, 5.41) is 7.76. The SMILES string of the molecule is CCOc1cc(N(CC)CC)ccc1N(C)/N=C/c1cc[n+](C)c2ccccc12. The van der Waals surface area contributed by atoms with Crippen molar-refractivity contribution in [2.75, 3.05) is 36.7 Å². The first-order valence-corrected chi connectivity index (χ1v) is 10.3. The van der Waals surface area contributed by atoms with Crippen molar-refractivity contribution < 1.29 is 9.30 Å². The molecule has 3 rings (SSSR count). The van der Waals surface area contributed by atoms with Crippen LogP contribution in [0.25, 0.3) is 10.9 Å². The number of aromatic nitrogens is 1. The average Bonchev–Trinajstić information content (AvgIpc) is 2.74. The van der Waals surface area contributed by atoms with Crippen molar-refractivity contribution in [1.82, 2.24) is 0 Å². The number of ether oxygens (including phenoxy) is 1. The third-order valence-corrected chi connectivity index (χ3v) is 5.16. The second-order valence-electron chi connectivity index (χ2n) is 6.92. The molecular formula is C24H31N4O+. The molecule has 3 aromatic rings. The van der Waals surface area contributed by atoms with Crippen LogP contribution in [-0.2, 0) is 7.05 Å². The lowest BCUT2D eigenvalue weighted by molar-refractivity contribution is -0.644. The molecule has 0 aliphatic carbocycles. The smallest absolute Gasteiger partial charge is 0.212 e. The van der Waals surface area contributed by atoms with Crippen LogP contribution in [0, 0.1) is 0 Å². The summed E-state index contributed by atoms with van der Waals surface area (Å²) in [6.07, 6.45) is 3.98. The Morgan fingerprint density at radius 2 is 1.79 bits per heavy atom. The number of hydrogen-bond donors (Lipinski definition) is 0. The number of benzene rings is 2. The number of fused-ring (bicyclic) bond motifs is 1. The highest BCUT2D eigenvalue weighted by Crippen LogP contribution is 2.32. The van der Waals surface area contributed by atoms with E-state index in [9.17, 15) is 0 Å². The van der Waals surface area contributed by atoms with Gasteiger partial charge in [-0.15, -0.1) is 0 Å². The Hall–Kier alpha value is -3.08. The molecule has 2 aromatic carbocycles. The molecule has 0 amide bonds. The van der Waals surface area contributed by atoms with Crippen LogP contribution in [0.4, 0.5) is 11.4 Å². The van der Waals surface area contributed by atoms with Crippen molar-refractivity contribution in [3.05, 3.63) is 60.3 Å². The first-order chi connectivity index (χ1) is 14.1. The van der Waals surface area contributed by atoms with E-state index < -0.39 is 0 Å². The van der Waals surface area contributed by atoms with Gasteiger partial charge in [0.15, 0.2) is 6.20 Å². The highest BCUT2D eigenvalue weighted by Gasteiger charge is 2.12. The Morgan fingerprint density at radius 1 is 1.03 bits per heavy atom. The fraction of sp³-hybridized carbons (Fsp3) is 0.333. The summed E-state index contributed by atoms with van der Waals surface area (Å²) in [5.41, 5.74) is 4.38. The van der Waals surface area contributed by atoms with Crippen molar-refractivity contribution in [3.8, 4) is 5.75 Å². The van der Waals surface area contributed by atoms with E-state index in [0.29, 0.717) is 6.61 Å². The molecule has 0 radical (unpaired) electrons. The maximum absolute atomic E-state index is 5.93. The summed E-state index contributed by atoms with van der Waals surface area (Å²) in [7, 11) is 4.01. The zero-order chi connectivity index (χ0) is 20.8. The Morgan fingerprint density at radius 3 is 2.52 bits per heavy atom. The van der Waals surface area contributed by atoms with Gasteiger partial charge in [0.2, 0.25) is 5.52 Å². The second kappa shape index (κ2) is 9.41. The Bertz CT molecular complexity index is 995. The zero-order valence-electron chi connectivity index (χ0n) is 18.1. The van der Waals surface area contributed by atoms with Crippen molar-refractivity contribution in [2.45, 2.75) is 20.8 Å². The maximum Gasteiger partial charge on any atom is 0.212 e. The van der Waals surface area contributed by atoms with Crippen molar-refractivity contribution >= 4 is 28.5 Å². The number of aryl methyl sites for hydroxylation is 1. The maximum atomic E-state index is 5.93. The first-order valence-electron chi connectivity index (χ1n) is 10.3. The highest BCUT2D eigenvalue weighted by atomic mass is 16.5. The number of para-hydroxylation sites is 1. The van der Waals surface area contributed by atoms with Gasteiger partial charge in [0, 0.05) is 49.6 Å². The fourth-order valence-electron chi connectivity index (χ4n) is 3.54. The topological polar surface area (TPSA) is 31.9 Å². The molecule has 29 heavy (non-hydrogen) atoms. The number of rotatable bonds is 8. The summed E-state index contributed by atoms with van der Waals surface area (Å²) >= 11 is 0. The Kier molecular flexibility index (Phi) is 6.70. The standard InChI is InChI=1S/C24H31N4O/c1-6-28(7-2)20-13-14-23(24(17-20)29-8-3)27(5)25-18-19-15-16-26(4)22-12-10-9-11-21(19)22/h9-18H,6-8H2,1-5H3/q+1. The fourth-order valence-corrected chi connectivity index (χ4v) is 3.54. The van der Waals surface area contributed by atoms with Gasteiger partial charge in [0.05, 0.1) is 18.2 Å². The zero-order valence-corrected chi connectivity index (χ0v) is 18.1. The highest BCUT2D eigenvalue weighted by molar-refractivity contribution is 5.97. The predicted molar refractivity (Wildman–Crippen MR) is 122 cm³/mol. The van der Waals surface area contributed by atoms with Crippen LogP contribution in [0.2, 0.25) is 0 Å². The van der Waals surface area contributed by atoms with E-state index in [1.165, 1.54) is 16.6 Å². The molecule has 1 aromatic heterocycles. The number of anilines is 2. The molecule has 0 aliphatic rings. The minimum atomic E-state index is 0.617. The molecule has 0 unspecified atom stereocenters. The quantitative estimate of drug-likeness (QED) is 0.324. The van der Waals surface area contributed by atoms with E-state index in [4.69, 9.17) is 9.84 Å². The number of hydrogen-bond acceptors (Lipinski definition) is 4. The summed E-state index contributed by atoms with van der Waals surface area (Å²) in [6, 6.07) is 16.8. The van der Waals surface area contributed by atoms with Crippen LogP contribution in [0.5, 0.6) is 5.75 Å². The third kappa shape index (κ3) is 4.50. The molecule has 5 heteroatoms. The Balaban J connectivity index is 1.92. The molecule has 0 aliphatic heterocycles. The lowest BCUT2D eigenvalue weighted by Crippen LogP contribution is -2.28. The largest absolute Gasteiger partial charge is 0.492 e. The van der Waals surface area contributed by atoms with Gasteiger partial charge in [0.25, 0.3) is 0 Å². The minimum Gasteiger partial charge on any atom is -0.492 e. The van der Waals surface area contributed by atoms with E-state index in [1.54, 1.807) is 0 Å². The normalized spacial score (nSPS) is 11.2. The van der Waals surface area contributed by atoms with Gasteiger partial charge in [-0.25, -0.2) is 4.57 Å². The van der Waals surface area contributed by atoms with Crippen LogP contribution in [0.1, 0.15) is 26.3 Å². The molecule has 152 valence electrons. The van der Waals surface area contributed by atoms with E-state index >= 15 is 0 Å². The van der Waals surface area contributed by atoms with Gasteiger partial charge < -0.3 is 9.64 Å². The average molecular weight is 392 g/mol. The second-order valence-corrected chi connectivity index (χ2v) is 6.92.